The van der Waals surface area contributed by atoms with Crippen LogP contribution in [0.4, 0.5) is 0 Å². The van der Waals surface area contributed by atoms with Crippen molar-refractivity contribution in [3.05, 3.63) is 53.9 Å². The molecule has 1 aliphatic rings. The average molecular weight is 412 g/mol. The normalized spacial score (nSPS) is 15.7. The molecule has 1 saturated carbocycles. The fourth-order valence-electron chi connectivity index (χ4n) is 3.94. The zero-order valence-corrected chi connectivity index (χ0v) is 18.4. The molecule has 30 heavy (non-hydrogen) atoms. The Balaban J connectivity index is 1.33. The lowest BCUT2D eigenvalue weighted by Crippen LogP contribution is -2.37. The summed E-state index contributed by atoms with van der Waals surface area (Å²) in [6.07, 6.45) is 14.4. The van der Waals surface area contributed by atoms with Crippen LogP contribution in [0.2, 0.25) is 0 Å². The maximum atomic E-state index is 6.08. The van der Waals surface area contributed by atoms with E-state index >= 15 is 0 Å². The highest BCUT2D eigenvalue weighted by atomic mass is 16.5. The van der Waals surface area contributed by atoms with Crippen molar-refractivity contribution in [2.75, 3.05) is 20.2 Å². The molecule has 1 heterocycles. The number of nitrogens with one attached hydrogen (secondary N) is 2. The Morgan fingerprint density at radius 3 is 2.60 bits per heavy atom. The zero-order valence-electron chi connectivity index (χ0n) is 18.4. The van der Waals surface area contributed by atoms with Gasteiger partial charge < -0.3 is 15.4 Å². The number of aromatic nitrogens is 2. The second-order valence-corrected chi connectivity index (χ2v) is 8.02. The molecule has 1 aromatic heterocycles. The third kappa shape index (κ3) is 7.82. The zero-order chi connectivity index (χ0) is 20.9. The number of hydrogen-bond donors (Lipinski definition) is 2. The quantitative estimate of drug-likeness (QED) is 0.267. The van der Waals surface area contributed by atoms with Crippen LogP contribution < -0.4 is 10.6 Å². The lowest BCUT2D eigenvalue weighted by molar-refractivity contribution is 0.0411. The predicted molar refractivity (Wildman–Crippen MR) is 123 cm³/mol. The fourth-order valence-corrected chi connectivity index (χ4v) is 3.94. The molecule has 0 unspecified atom stereocenters. The van der Waals surface area contributed by atoms with E-state index in [4.69, 9.17) is 4.74 Å². The molecule has 6 heteroatoms. The average Bonchev–Trinajstić information content (AvgIpc) is 3.14. The molecule has 0 atom stereocenters. The van der Waals surface area contributed by atoms with E-state index in [1.165, 1.54) is 49.7 Å². The number of aliphatic imine (C=N–C) groups is 1. The molecule has 1 fully saturated rings. The molecule has 0 bridgehead atoms. The van der Waals surface area contributed by atoms with Crippen molar-refractivity contribution in [1.82, 2.24) is 20.4 Å². The minimum Gasteiger partial charge on any atom is -0.378 e. The van der Waals surface area contributed by atoms with Gasteiger partial charge in [0.05, 0.1) is 12.6 Å². The molecule has 2 aromatic rings. The summed E-state index contributed by atoms with van der Waals surface area (Å²) < 4.78 is 8.02. The van der Waals surface area contributed by atoms with Gasteiger partial charge in [-0.25, -0.2) is 0 Å². The lowest BCUT2D eigenvalue weighted by Gasteiger charge is -2.16. The van der Waals surface area contributed by atoms with E-state index in [1.54, 1.807) is 0 Å². The molecule has 164 valence electrons. The molecule has 0 amide bonds. The van der Waals surface area contributed by atoms with Crippen LogP contribution in [-0.2, 0) is 17.8 Å². The number of hydrogen-bond acceptors (Lipinski definition) is 3. The lowest BCUT2D eigenvalue weighted by atomic mass is 10.1. The Kier molecular flexibility index (Phi) is 9.73. The summed E-state index contributed by atoms with van der Waals surface area (Å²) in [5.41, 5.74) is 2.52. The summed E-state index contributed by atoms with van der Waals surface area (Å²) in [6.45, 7) is 3.29. The first-order valence-electron chi connectivity index (χ1n) is 11.5. The Hall–Kier alpha value is -2.34. The van der Waals surface area contributed by atoms with Crippen molar-refractivity contribution in [3.8, 4) is 0 Å². The van der Waals surface area contributed by atoms with Crippen LogP contribution in [0, 0.1) is 0 Å². The summed E-state index contributed by atoms with van der Waals surface area (Å²) >= 11 is 0. The molecule has 0 radical (unpaired) electrons. The van der Waals surface area contributed by atoms with E-state index in [0.29, 0.717) is 6.10 Å². The van der Waals surface area contributed by atoms with E-state index in [1.807, 2.05) is 30.2 Å². The summed E-state index contributed by atoms with van der Waals surface area (Å²) in [5, 5.41) is 11.2. The molecule has 2 N–H and O–H groups in total. The fraction of sp³-hybridized carbons (Fsp3) is 0.583. The second-order valence-electron chi connectivity index (χ2n) is 8.02. The van der Waals surface area contributed by atoms with Crippen molar-refractivity contribution in [2.45, 2.75) is 70.6 Å². The van der Waals surface area contributed by atoms with Crippen molar-refractivity contribution >= 4 is 5.96 Å². The van der Waals surface area contributed by atoms with Gasteiger partial charge in [-0.15, -0.1) is 0 Å². The SMILES string of the molecule is CN=C(NCCCCOC1CCCCCC1)NCc1ccccc1Cn1cccn1. The second kappa shape index (κ2) is 13.1. The third-order valence-electron chi connectivity index (χ3n) is 5.70. The predicted octanol–water partition coefficient (Wildman–Crippen LogP) is 4.12. The van der Waals surface area contributed by atoms with Gasteiger partial charge in [0.15, 0.2) is 5.96 Å². The summed E-state index contributed by atoms with van der Waals surface area (Å²) in [7, 11) is 1.82. The van der Waals surface area contributed by atoms with Gasteiger partial charge >= 0.3 is 0 Å². The maximum Gasteiger partial charge on any atom is 0.191 e. The largest absolute Gasteiger partial charge is 0.378 e. The maximum absolute atomic E-state index is 6.08. The van der Waals surface area contributed by atoms with E-state index in [9.17, 15) is 0 Å². The van der Waals surface area contributed by atoms with Crippen LogP contribution in [0.3, 0.4) is 0 Å². The highest BCUT2D eigenvalue weighted by Gasteiger charge is 2.12. The minimum atomic E-state index is 0.497. The van der Waals surface area contributed by atoms with Crippen LogP contribution in [0.1, 0.15) is 62.5 Å². The number of rotatable bonds is 10. The van der Waals surface area contributed by atoms with Crippen LogP contribution in [-0.4, -0.2) is 42.0 Å². The van der Waals surface area contributed by atoms with Gasteiger partial charge in [-0.05, 0) is 42.9 Å². The summed E-state index contributed by atoms with van der Waals surface area (Å²) in [5.74, 6) is 0.841. The first kappa shape index (κ1) is 22.3. The number of guanidine groups is 1. The molecule has 0 saturated heterocycles. The Morgan fingerprint density at radius 2 is 1.87 bits per heavy atom. The van der Waals surface area contributed by atoms with Gasteiger partial charge in [0, 0.05) is 39.1 Å². The Bertz CT molecular complexity index is 736. The molecule has 0 spiro atoms. The van der Waals surface area contributed by atoms with Crippen LogP contribution in [0.15, 0.2) is 47.7 Å². The van der Waals surface area contributed by atoms with E-state index in [0.717, 1.165) is 45.0 Å². The van der Waals surface area contributed by atoms with Gasteiger partial charge in [0.2, 0.25) is 0 Å². The number of ether oxygens (including phenoxy) is 1. The standard InChI is InChI=1S/C24H37N5O/c1-25-24(26-15-8-9-18-30-23-13-4-2-3-5-14-23)27-19-21-11-6-7-12-22(21)20-29-17-10-16-28-29/h6-7,10-12,16-17,23H,2-5,8-9,13-15,18-20H2,1H3,(H2,25,26,27). The number of nitrogens with zero attached hydrogens (tertiary/aromatic N) is 3. The topological polar surface area (TPSA) is 63.5 Å². The summed E-state index contributed by atoms with van der Waals surface area (Å²) in [4.78, 5) is 4.36. The first-order chi connectivity index (χ1) is 14.8. The van der Waals surface area contributed by atoms with Crippen molar-refractivity contribution in [3.63, 3.8) is 0 Å². The van der Waals surface area contributed by atoms with E-state index in [-0.39, 0.29) is 0 Å². The highest BCUT2D eigenvalue weighted by Crippen LogP contribution is 2.19. The van der Waals surface area contributed by atoms with Crippen LogP contribution in [0.25, 0.3) is 0 Å². The van der Waals surface area contributed by atoms with Gasteiger partial charge in [-0.2, -0.15) is 5.10 Å². The highest BCUT2D eigenvalue weighted by molar-refractivity contribution is 5.79. The van der Waals surface area contributed by atoms with Crippen molar-refractivity contribution < 1.29 is 4.74 Å². The van der Waals surface area contributed by atoms with E-state index < -0.39 is 0 Å². The molecule has 0 aliphatic heterocycles. The van der Waals surface area contributed by atoms with Gasteiger partial charge in [-0.3, -0.25) is 9.67 Å². The Morgan fingerprint density at radius 1 is 1.07 bits per heavy atom. The molecule has 1 aromatic carbocycles. The minimum absolute atomic E-state index is 0.497. The van der Waals surface area contributed by atoms with Gasteiger partial charge in [0.25, 0.3) is 0 Å². The molecular formula is C24H37N5O. The monoisotopic (exact) mass is 411 g/mol. The van der Waals surface area contributed by atoms with Crippen LogP contribution in [0.5, 0.6) is 0 Å². The van der Waals surface area contributed by atoms with Crippen molar-refractivity contribution in [1.29, 1.82) is 0 Å². The van der Waals surface area contributed by atoms with Gasteiger partial charge in [0.1, 0.15) is 0 Å². The third-order valence-corrected chi connectivity index (χ3v) is 5.70. The molecule has 3 rings (SSSR count). The Labute approximate surface area is 181 Å². The molecule has 6 nitrogen and oxygen atoms in total. The number of benzene rings is 1. The first-order valence-corrected chi connectivity index (χ1v) is 11.5. The smallest absolute Gasteiger partial charge is 0.191 e. The molecular weight excluding hydrogens is 374 g/mol. The number of unbranched alkanes of at least 4 members (excludes halogenated alkanes) is 1. The van der Waals surface area contributed by atoms with Crippen molar-refractivity contribution in [2.24, 2.45) is 4.99 Å². The van der Waals surface area contributed by atoms with E-state index in [2.05, 4.69) is 45.0 Å². The van der Waals surface area contributed by atoms with Gasteiger partial charge in [-0.1, -0.05) is 49.9 Å². The summed E-state index contributed by atoms with van der Waals surface area (Å²) in [6, 6.07) is 10.4. The molecule has 1 aliphatic carbocycles. The van der Waals surface area contributed by atoms with Crippen LogP contribution >= 0.6 is 0 Å².